The highest BCUT2D eigenvalue weighted by Crippen LogP contribution is 2.34. The van der Waals surface area contributed by atoms with Crippen molar-refractivity contribution in [1.82, 2.24) is 5.32 Å². The highest BCUT2D eigenvalue weighted by atomic mass is 32.1. The topological polar surface area (TPSA) is 92.5 Å². The number of rotatable bonds is 7. The molecule has 126 valence electrons. The Bertz CT molecular complexity index is 753. The molecular weight excluding hydrogens is 328 g/mol. The summed E-state index contributed by atoms with van der Waals surface area (Å²) in [5, 5.41) is 22.9. The normalized spacial score (nSPS) is 12.2. The second kappa shape index (κ2) is 8.37. The zero-order valence-corrected chi connectivity index (χ0v) is 14.0. The summed E-state index contributed by atoms with van der Waals surface area (Å²) in [6.07, 6.45) is 3.13. The van der Waals surface area contributed by atoms with Crippen molar-refractivity contribution >= 4 is 29.0 Å². The van der Waals surface area contributed by atoms with Crippen LogP contribution in [0, 0.1) is 10.1 Å². The molecule has 1 aromatic heterocycles. The summed E-state index contributed by atoms with van der Waals surface area (Å²) in [6.45, 7) is 2.07. The largest absolute Gasteiger partial charge is 0.393 e. The van der Waals surface area contributed by atoms with E-state index in [1.54, 1.807) is 37.3 Å². The molecule has 2 aromatic rings. The van der Waals surface area contributed by atoms with Gasteiger partial charge in [0, 0.05) is 28.4 Å². The minimum Gasteiger partial charge on any atom is -0.393 e. The van der Waals surface area contributed by atoms with Gasteiger partial charge in [0.2, 0.25) is 5.91 Å². The Morgan fingerprint density at radius 1 is 1.38 bits per heavy atom. The number of nitrogens with zero attached hydrogens (tertiary/aromatic N) is 1. The van der Waals surface area contributed by atoms with Gasteiger partial charge in [-0.3, -0.25) is 14.9 Å². The van der Waals surface area contributed by atoms with Crippen molar-refractivity contribution in [2.45, 2.75) is 19.4 Å². The average Bonchev–Trinajstić information content (AvgIpc) is 3.01. The number of thiophene rings is 1. The van der Waals surface area contributed by atoms with Crippen molar-refractivity contribution in [2.24, 2.45) is 0 Å². The first-order valence-corrected chi connectivity index (χ1v) is 8.26. The number of benzene rings is 1. The molecule has 0 saturated carbocycles. The lowest BCUT2D eigenvalue weighted by Crippen LogP contribution is -2.24. The number of hydrogen-bond acceptors (Lipinski definition) is 5. The fourth-order valence-electron chi connectivity index (χ4n) is 2.05. The number of nitro groups is 1. The third kappa shape index (κ3) is 5.00. The van der Waals surface area contributed by atoms with Gasteiger partial charge in [0.1, 0.15) is 0 Å². The Kier molecular flexibility index (Phi) is 6.22. The molecule has 1 amide bonds. The summed E-state index contributed by atoms with van der Waals surface area (Å²) in [4.78, 5) is 23.9. The van der Waals surface area contributed by atoms with Gasteiger partial charge in [0.15, 0.2) is 0 Å². The minimum absolute atomic E-state index is 0.0609. The lowest BCUT2D eigenvalue weighted by Gasteiger charge is -2.03. The van der Waals surface area contributed by atoms with Crippen molar-refractivity contribution in [2.75, 3.05) is 6.54 Å². The van der Waals surface area contributed by atoms with Gasteiger partial charge in [-0.05, 0) is 37.6 Å². The van der Waals surface area contributed by atoms with Crippen molar-refractivity contribution in [3.05, 3.63) is 57.5 Å². The molecule has 0 aliphatic rings. The number of nitrogens with one attached hydrogen (secondary N) is 1. The van der Waals surface area contributed by atoms with Gasteiger partial charge in [-0.1, -0.05) is 12.1 Å². The summed E-state index contributed by atoms with van der Waals surface area (Å²) in [7, 11) is 0. The molecule has 2 N–H and O–H groups in total. The van der Waals surface area contributed by atoms with E-state index in [0.29, 0.717) is 18.5 Å². The molecule has 0 bridgehead atoms. The van der Waals surface area contributed by atoms with Gasteiger partial charge >= 0.3 is 0 Å². The molecule has 1 atom stereocenters. The first-order valence-electron chi connectivity index (χ1n) is 7.45. The van der Waals surface area contributed by atoms with E-state index in [0.717, 1.165) is 9.75 Å². The van der Waals surface area contributed by atoms with E-state index >= 15 is 0 Å². The van der Waals surface area contributed by atoms with Crippen molar-refractivity contribution in [3.8, 4) is 10.4 Å². The van der Waals surface area contributed by atoms with Crippen LogP contribution in [0.2, 0.25) is 0 Å². The molecule has 1 aromatic carbocycles. The van der Waals surface area contributed by atoms with Gasteiger partial charge < -0.3 is 10.4 Å². The van der Waals surface area contributed by atoms with Crippen molar-refractivity contribution in [1.29, 1.82) is 0 Å². The maximum Gasteiger partial charge on any atom is 0.278 e. The molecule has 0 aliphatic carbocycles. The second-order valence-electron chi connectivity index (χ2n) is 5.24. The number of aliphatic hydroxyl groups is 1. The van der Waals surface area contributed by atoms with E-state index < -0.39 is 11.0 Å². The van der Waals surface area contributed by atoms with Crippen molar-refractivity contribution in [3.63, 3.8) is 0 Å². The maximum atomic E-state index is 11.7. The SMILES string of the molecule is CC(O)CCNC(=O)C=Cc1ccc(-c2ccccc2[N+](=O)[O-])s1. The van der Waals surface area contributed by atoms with Gasteiger partial charge in [0.25, 0.3) is 5.69 Å². The van der Waals surface area contributed by atoms with E-state index in [1.807, 2.05) is 6.07 Å². The van der Waals surface area contributed by atoms with E-state index in [1.165, 1.54) is 23.5 Å². The smallest absolute Gasteiger partial charge is 0.278 e. The van der Waals surface area contributed by atoms with Crippen LogP contribution < -0.4 is 5.32 Å². The second-order valence-corrected chi connectivity index (χ2v) is 6.35. The summed E-state index contributed by atoms with van der Waals surface area (Å²) in [5.41, 5.74) is 0.624. The maximum absolute atomic E-state index is 11.7. The standard InChI is InChI=1S/C17H18N2O4S/c1-12(20)10-11-18-17(21)9-7-13-6-8-16(24-13)14-4-2-3-5-15(14)19(22)23/h2-9,12,20H,10-11H2,1H3,(H,18,21). The number of carbonyl (C=O) groups excluding carboxylic acids is 1. The molecule has 0 fully saturated rings. The highest BCUT2D eigenvalue weighted by molar-refractivity contribution is 7.16. The first-order chi connectivity index (χ1) is 11.5. The van der Waals surface area contributed by atoms with Crippen LogP contribution in [0.15, 0.2) is 42.5 Å². The molecule has 0 aliphatic heterocycles. The van der Waals surface area contributed by atoms with E-state index in [4.69, 9.17) is 5.11 Å². The highest BCUT2D eigenvalue weighted by Gasteiger charge is 2.15. The summed E-state index contributed by atoms with van der Waals surface area (Å²) >= 11 is 1.38. The number of nitro benzene ring substituents is 1. The molecular formula is C17H18N2O4S. The number of aliphatic hydroxyl groups excluding tert-OH is 1. The van der Waals surface area contributed by atoms with Crippen molar-refractivity contribution < 1.29 is 14.8 Å². The summed E-state index contributed by atoms with van der Waals surface area (Å²) < 4.78 is 0. The minimum atomic E-state index is -0.448. The Morgan fingerprint density at radius 2 is 2.12 bits per heavy atom. The lowest BCUT2D eigenvalue weighted by molar-refractivity contribution is -0.384. The fraction of sp³-hybridized carbons (Fsp3) is 0.235. The van der Waals surface area contributed by atoms with Crippen LogP contribution in [0.1, 0.15) is 18.2 Å². The van der Waals surface area contributed by atoms with Crippen LogP contribution in [0.3, 0.4) is 0 Å². The molecule has 2 rings (SSSR count). The van der Waals surface area contributed by atoms with Crippen LogP contribution >= 0.6 is 11.3 Å². The number of amides is 1. The third-order valence-corrected chi connectivity index (χ3v) is 4.34. The molecule has 1 unspecified atom stereocenters. The first kappa shape index (κ1) is 17.8. The number of para-hydroxylation sites is 1. The Balaban J connectivity index is 2.05. The fourth-order valence-corrected chi connectivity index (χ4v) is 2.99. The Labute approximate surface area is 143 Å². The van der Waals surface area contributed by atoms with Crippen LogP contribution in [0.5, 0.6) is 0 Å². The number of hydrogen-bond donors (Lipinski definition) is 2. The van der Waals surface area contributed by atoms with Crippen LogP contribution in [-0.4, -0.2) is 28.6 Å². The zero-order valence-electron chi connectivity index (χ0n) is 13.1. The van der Waals surface area contributed by atoms with E-state index in [2.05, 4.69) is 5.32 Å². The predicted molar refractivity (Wildman–Crippen MR) is 94.8 cm³/mol. The molecule has 0 saturated heterocycles. The summed E-state index contributed by atoms with van der Waals surface area (Å²) in [6, 6.07) is 10.2. The lowest BCUT2D eigenvalue weighted by atomic mass is 10.1. The van der Waals surface area contributed by atoms with Crippen LogP contribution in [-0.2, 0) is 4.79 Å². The Morgan fingerprint density at radius 3 is 2.83 bits per heavy atom. The number of carbonyl (C=O) groups is 1. The summed E-state index contributed by atoms with van der Waals surface area (Å²) in [5.74, 6) is -0.240. The van der Waals surface area contributed by atoms with E-state index in [9.17, 15) is 14.9 Å². The third-order valence-electron chi connectivity index (χ3n) is 3.25. The molecule has 6 nitrogen and oxygen atoms in total. The molecule has 24 heavy (non-hydrogen) atoms. The van der Waals surface area contributed by atoms with Gasteiger partial charge in [-0.15, -0.1) is 11.3 Å². The molecule has 0 radical (unpaired) electrons. The van der Waals surface area contributed by atoms with Gasteiger partial charge in [0.05, 0.1) is 16.6 Å². The molecule has 7 heteroatoms. The van der Waals surface area contributed by atoms with Crippen LogP contribution in [0.25, 0.3) is 16.5 Å². The quantitative estimate of drug-likeness (QED) is 0.457. The van der Waals surface area contributed by atoms with Crippen LogP contribution in [0.4, 0.5) is 5.69 Å². The Hall–Kier alpha value is -2.51. The van der Waals surface area contributed by atoms with Gasteiger partial charge in [-0.25, -0.2) is 0 Å². The van der Waals surface area contributed by atoms with E-state index in [-0.39, 0.29) is 11.6 Å². The zero-order chi connectivity index (χ0) is 17.5. The predicted octanol–water partition coefficient (Wildman–Crippen LogP) is 3.22. The van der Waals surface area contributed by atoms with Gasteiger partial charge in [-0.2, -0.15) is 0 Å². The average molecular weight is 346 g/mol. The molecule has 0 spiro atoms. The molecule has 1 heterocycles. The monoisotopic (exact) mass is 346 g/mol.